The van der Waals surface area contributed by atoms with E-state index in [4.69, 9.17) is 11.6 Å². The van der Waals surface area contributed by atoms with Crippen LogP contribution in [0.25, 0.3) is 0 Å². The Balaban J connectivity index is 1.57. The Kier molecular flexibility index (Phi) is 5.30. The molecule has 1 aromatic heterocycles. The van der Waals surface area contributed by atoms with Crippen molar-refractivity contribution in [3.63, 3.8) is 0 Å². The summed E-state index contributed by atoms with van der Waals surface area (Å²) in [5.41, 5.74) is 2.48. The van der Waals surface area contributed by atoms with E-state index in [0.717, 1.165) is 41.6 Å². The molecule has 2 aromatic rings. The summed E-state index contributed by atoms with van der Waals surface area (Å²) in [7, 11) is 0. The van der Waals surface area contributed by atoms with Crippen LogP contribution >= 0.6 is 22.9 Å². The standard InChI is InChI=1S/C17H20ClN3OS/c1-12-14(18)5-4-6-15(12)20-16(22)9-13-11-23-17(19-13)10-21-7-2-3-8-21/h4-6,11H,2-3,7-10H2,1H3,(H,20,22). The maximum atomic E-state index is 12.2. The van der Waals surface area contributed by atoms with Crippen LogP contribution in [0.4, 0.5) is 5.69 Å². The highest BCUT2D eigenvalue weighted by Crippen LogP contribution is 2.23. The second-order valence-corrected chi connectivity index (χ2v) is 7.20. The van der Waals surface area contributed by atoms with Crippen LogP contribution in [0.1, 0.15) is 29.1 Å². The summed E-state index contributed by atoms with van der Waals surface area (Å²) in [5, 5.41) is 6.64. The number of nitrogens with zero attached hydrogens (tertiary/aromatic N) is 2. The first-order valence-electron chi connectivity index (χ1n) is 7.82. The molecule has 0 radical (unpaired) electrons. The number of amides is 1. The van der Waals surface area contributed by atoms with Gasteiger partial charge in [0, 0.05) is 16.1 Å². The molecule has 6 heteroatoms. The lowest BCUT2D eigenvalue weighted by Crippen LogP contribution is -2.18. The molecule has 2 heterocycles. The molecular formula is C17H20ClN3OS. The molecule has 3 rings (SSSR count). The van der Waals surface area contributed by atoms with Gasteiger partial charge in [-0.05, 0) is 50.6 Å². The number of anilines is 1. The van der Waals surface area contributed by atoms with E-state index in [1.165, 1.54) is 12.8 Å². The second-order valence-electron chi connectivity index (χ2n) is 5.85. The summed E-state index contributed by atoms with van der Waals surface area (Å²) >= 11 is 7.71. The van der Waals surface area contributed by atoms with Crippen LogP contribution in [0.3, 0.4) is 0 Å². The molecule has 0 unspecified atom stereocenters. The summed E-state index contributed by atoms with van der Waals surface area (Å²) in [6.45, 7) is 5.11. The minimum absolute atomic E-state index is 0.0617. The minimum atomic E-state index is -0.0617. The Morgan fingerprint density at radius 2 is 2.17 bits per heavy atom. The van der Waals surface area contributed by atoms with E-state index in [0.29, 0.717) is 11.4 Å². The number of halogens is 1. The lowest BCUT2D eigenvalue weighted by Gasteiger charge is -2.11. The van der Waals surface area contributed by atoms with Crippen LogP contribution in [-0.4, -0.2) is 28.9 Å². The maximum Gasteiger partial charge on any atom is 0.230 e. The van der Waals surface area contributed by atoms with E-state index in [2.05, 4.69) is 15.2 Å². The number of hydrogen-bond acceptors (Lipinski definition) is 4. The highest BCUT2D eigenvalue weighted by molar-refractivity contribution is 7.09. The third-order valence-electron chi connectivity index (χ3n) is 4.04. The number of aromatic nitrogens is 1. The van der Waals surface area contributed by atoms with Gasteiger partial charge >= 0.3 is 0 Å². The smallest absolute Gasteiger partial charge is 0.230 e. The normalized spacial score (nSPS) is 15.0. The number of rotatable bonds is 5. The molecule has 0 aliphatic carbocycles. The fourth-order valence-corrected chi connectivity index (χ4v) is 3.75. The summed E-state index contributed by atoms with van der Waals surface area (Å²) in [6.07, 6.45) is 2.85. The molecule has 1 aliphatic heterocycles. The molecule has 1 N–H and O–H groups in total. The molecule has 4 nitrogen and oxygen atoms in total. The predicted molar refractivity (Wildman–Crippen MR) is 95.1 cm³/mol. The summed E-state index contributed by atoms with van der Waals surface area (Å²) in [5.74, 6) is -0.0617. The zero-order valence-electron chi connectivity index (χ0n) is 13.1. The van der Waals surface area contributed by atoms with E-state index in [9.17, 15) is 4.79 Å². The Labute approximate surface area is 145 Å². The third kappa shape index (κ3) is 4.31. The minimum Gasteiger partial charge on any atom is -0.325 e. The predicted octanol–water partition coefficient (Wildman–Crippen LogP) is 3.88. The van der Waals surface area contributed by atoms with E-state index in [-0.39, 0.29) is 5.91 Å². The van der Waals surface area contributed by atoms with Gasteiger partial charge in [0.15, 0.2) is 0 Å². The van der Waals surface area contributed by atoms with Gasteiger partial charge in [-0.15, -0.1) is 11.3 Å². The van der Waals surface area contributed by atoms with E-state index in [1.54, 1.807) is 11.3 Å². The summed E-state index contributed by atoms with van der Waals surface area (Å²) < 4.78 is 0. The van der Waals surface area contributed by atoms with Gasteiger partial charge in [-0.25, -0.2) is 4.98 Å². The molecule has 122 valence electrons. The van der Waals surface area contributed by atoms with Crippen LogP contribution in [0.5, 0.6) is 0 Å². The molecule has 0 bridgehead atoms. The first-order chi connectivity index (χ1) is 11.1. The topological polar surface area (TPSA) is 45.2 Å². The van der Waals surface area contributed by atoms with E-state index in [1.807, 2.05) is 30.5 Å². The van der Waals surface area contributed by atoms with Gasteiger partial charge in [-0.2, -0.15) is 0 Å². The summed E-state index contributed by atoms with van der Waals surface area (Å²) in [6, 6.07) is 5.51. The van der Waals surface area contributed by atoms with Gasteiger partial charge in [-0.3, -0.25) is 9.69 Å². The first-order valence-corrected chi connectivity index (χ1v) is 9.08. The Hall–Kier alpha value is -1.43. The lowest BCUT2D eigenvalue weighted by molar-refractivity contribution is -0.115. The van der Waals surface area contributed by atoms with Crippen molar-refractivity contribution in [2.24, 2.45) is 0 Å². The largest absolute Gasteiger partial charge is 0.325 e. The van der Waals surface area contributed by atoms with Crippen LogP contribution in [-0.2, 0) is 17.8 Å². The van der Waals surface area contributed by atoms with Crippen molar-refractivity contribution in [1.29, 1.82) is 0 Å². The number of benzene rings is 1. The number of likely N-dealkylation sites (tertiary alicyclic amines) is 1. The molecule has 1 saturated heterocycles. The first kappa shape index (κ1) is 16.4. The van der Waals surface area contributed by atoms with Gasteiger partial charge in [-0.1, -0.05) is 17.7 Å². The molecule has 1 amide bonds. The van der Waals surface area contributed by atoms with Gasteiger partial charge in [0.1, 0.15) is 5.01 Å². The van der Waals surface area contributed by atoms with Crippen molar-refractivity contribution in [3.05, 3.63) is 44.9 Å². The molecule has 1 aromatic carbocycles. The van der Waals surface area contributed by atoms with Crippen molar-refractivity contribution in [2.45, 2.75) is 32.7 Å². The van der Waals surface area contributed by atoms with Gasteiger partial charge < -0.3 is 5.32 Å². The summed E-state index contributed by atoms with van der Waals surface area (Å²) in [4.78, 5) is 19.2. The quantitative estimate of drug-likeness (QED) is 0.890. The highest BCUT2D eigenvalue weighted by atomic mass is 35.5. The number of hydrogen-bond donors (Lipinski definition) is 1. The van der Waals surface area contributed by atoms with Crippen molar-refractivity contribution in [1.82, 2.24) is 9.88 Å². The molecule has 23 heavy (non-hydrogen) atoms. The maximum absolute atomic E-state index is 12.2. The van der Waals surface area contributed by atoms with Crippen molar-refractivity contribution >= 4 is 34.5 Å². The second kappa shape index (κ2) is 7.43. The van der Waals surface area contributed by atoms with Gasteiger partial charge in [0.25, 0.3) is 0 Å². The monoisotopic (exact) mass is 349 g/mol. The zero-order valence-corrected chi connectivity index (χ0v) is 14.7. The number of thiazole rings is 1. The molecule has 1 fully saturated rings. The highest BCUT2D eigenvalue weighted by Gasteiger charge is 2.15. The van der Waals surface area contributed by atoms with Crippen LogP contribution in [0, 0.1) is 6.92 Å². The average Bonchev–Trinajstić information content (AvgIpc) is 3.17. The number of carbonyl (C=O) groups is 1. The SMILES string of the molecule is Cc1c(Cl)cccc1NC(=O)Cc1csc(CN2CCCC2)n1. The fourth-order valence-electron chi connectivity index (χ4n) is 2.74. The molecule has 0 saturated carbocycles. The van der Waals surface area contributed by atoms with Crippen LogP contribution in [0.2, 0.25) is 5.02 Å². The van der Waals surface area contributed by atoms with Gasteiger partial charge in [0.2, 0.25) is 5.91 Å². The third-order valence-corrected chi connectivity index (χ3v) is 5.33. The van der Waals surface area contributed by atoms with Crippen molar-refractivity contribution in [2.75, 3.05) is 18.4 Å². The van der Waals surface area contributed by atoms with Crippen LogP contribution in [0.15, 0.2) is 23.6 Å². The lowest BCUT2D eigenvalue weighted by atomic mass is 10.2. The molecule has 0 atom stereocenters. The fraction of sp³-hybridized carbons (Fsp3) is 0.412. The molecule has 1 aliphatic rings. The zero-order chi connectivity index (χ0) is 16.2. The van der Waals surface area contributed by atoms with Gasteiger partial charge in [0.05, 0.1) is 18.7 Å². The van der Waals surface area contributed by atoms with Crippen LogP contribution < -0.4 is 5.32 Å². The number of carbonyl (C=O) groups excluding carboxylic acids is 1. The van der Waals surface area contributed by atoms with E-state index < -0.39 is 0 Å². The Morgan fingerprint density at radius 3 is 2.96 bits per heavy atom. The molecular weight excluding hydrogens is 330 g/mol. The Bertz CT molecular complexity index is 695. The molecule has 0 spiro atoms. The Morgan fingerprint density at radius 1 is 1.39 bits per heavy atom. The van der Waals surface area contributed by atoms with E-state index >= 15 is 0 Å². The number of nitrogens with one attached hydrogen (secondary N) is 1. The van der Waals surface area contributed by atoms with Crippen molar-refractivity contribution in [3.8, 4) is 0 Å². The average molecular weight is 350 g/mol. The van der Waals surface area contributed by atoms with Crippen molar-refractivity contribution < 1.29 is 4.79 Å².